The fourth-order valence-corrected chi connectivity index (χ4v) is 9.15. The first-order valence-electron chi connectivity index (χ1n) is 12.4. The van der Waals surface area contributed by atoms with E-state index in [0.29, 0.717) is 29.2 Å². The monoisotopic (exact) mass is 441 g/mol. The van der Waals surface area contributed by atoms with Gasteiger partial charge in [0.05, 0.1) is 6.26 Å². The number of rotatable bonds is 2. The minimum Gasteiger partial charge on any atom is -0.459 e. The van der Waals surface area contributed by atoms with Crippen molar-refractivity contribution in [2.75, 3.05) is 0 Å². The third kappa shape index (κ3) is 2.54. The van der Waals surface area contributed by atoms with Crippen LogP contribution in [0.15, 0.2) is 27.6 Å². The lowest BCUT2D eigenvalue weighted by Gasteiger charge is -2.61. The number of carbonyl (C=O) groups is 1. The number of fused-ring (bicyclic) bond motifs is 3. The molecule has 6 rings (SSSR count). The third-order valence-electron chi connectivity index (χ3n) is 10.5. The van der Waals surface area contributed by atoms with E-state index in [2.05, 4.69) is 13.8 Å². The van der Waals surface area contributed by atoms with Crippen LogP contribution in [0.2, 0.25) is 0 Å². The second-order valence-corrected chi connectivity index (χ2v) is 11.8. The van der Waals surface area contributed by atoms with Crippen LogP contribution < -0.4 is 11.4 Å². The van der Waals surface area contributed by atoms with Gasteiger partial charge < -0.3 is 19.6 Å². The highest BCUT2D eigenvalue weighted by molar-refractivity contribution is 5.66. The molecule has 6 nitrogen and oxygen atoms in total. The lowest BCUT2D eigenvalue weighted by atomic mass is 9.44. The van der Waals surface area contributed by atoms with E-state index in [9.17, 15) is 9.59 Å². The fourth-order valence-electron chi connectivity index (χ4n) is 9.15. The number of hydrogen-bond acceptors (Lipinski definition) is 6. The Balaban J connectivity index is 1.41. The molecule has 1 saturated heterocycles. The Morgan fingerprint density at radius 1 is 1.12 bits per heavy atom. The second kappa shape index (κ2) is 6.69. The number of ether oxygens (including phenoxy) is 2. The maximum atomic E-state index is 12.1. The van der Waals surface area contributed by atoms with Crippen molar-refractivity contribution in [3.8, 4) is 0 Å². The molecule has 2 heterocycles. The zero-order valence-electron chi connectivity index (χ0n) is 19.3. The Morgan fingerprint density at radius 3 is 2.66 bits per heavy atom. The van der Waals surface area contributed by atoms with Crippen molar-refractivity contribution in [1.82, 2.24) is 0 Å². The normalized spacial score (nSPS) is 51.1. The first kappa shape index (κ1) is 20.9. The number of nitrogens with two attached hydrogens (primary N) is 1. The Bertz CT molecular complexity index is 986. The average Bonchev–Trinajstić information content (AvgIpc) is 3.44. The standard InChI is InChI=1S/C26H35NO5/c1-14(28)31-22-21(15-4-7-20(29)30-13-15)25(3)11-9-18-19(26(25)23(22)32-26)6-5-16-12-17(27)8-10-24(16,18)2/h4,7,13,16-19,21-23H,5-6,8-12,27H2,1-3H3/t16-,17+,18+,19?,21+,22-,23-,24+,25-,26-/m1/s1. The molecule has 32 heavy (non-hydrogen) atoms. The summed E-state index contributed by atoms with van der Waals surface area (Å²) >= 11 is 0. The van der Waals surface area contributed by atoms with Crippen LogP contribution in [-0.4, -0.2) is 29.8 Å². The Hall–Kier alpha value is -1.66. The van der Waals surface area contributed by atoms with Crippen molar-refractivity contribution in [2.45, 2.75) is 95.5 Å². The van der Waals surface area contributed by atoms with Gasteiger partial charge in [-0.05, 0) is 79.7 Å². The molecular formula is C26H35NO5. The molecule has 0 amide bonds. The molecule has 1 spiro atoms. The van der Waals surface area contributed by atoms with Gasteiger partial charge in [-0.15, -0.1) is 0 Å². The van der Waals surface area contributed by atoms with Crippen LogP contribution in [0.5, 0.6) is 0 Å². The molecule has 1 unspecified atom stereocenters. The van der Waals surface area contributed by atoms with Crippen molar-refractivity contribution >= 4 is 5.97 Å². The smallest absolute Gasteiger partial charge is 0.335 e. The minimum atomic E-state index is -0.359. The van der Waals surface area contributed by atoms with Gasteiger partial charge in [-0.1, -0.05) is 13.8 Å². The second-order valence-electron chi connectivity index (χ2n) is 11.8. The van der Waals surface area contributed by atoms with Crippen LogP contribution >= 0.6 is 0 Å². The molecule has 5 fully saturated rings. The van der Waals surface area contributed by atoms with Gasteiger partial charge in [-0.25, -0.2) is 4.79 Å². The van der Waals surface area contributed by atoms with E-state index in [0.717, 1.165) is 31.2 Å². The van der Waals surface area contributed by atoms with Gasteiger partial charge in [-0.3, -0.25) is 4.79 Å². The molecule has 0 bridgehead atoms. The maximum absolute atomic E-state index is 12.1. The van der Waals surface area contributed by atoms with E-state index in [4.69, 9.17) is 19.6 Å². The number of carbonyl (C=O) groups excluding carboxylic acids is 1. The maximum Gasteiger partial charge on any atom is 0.335 e. The molecule has 0 radical (unpaired) electrons. The van der Waals surface area contributed by atoms with E-state index in [1.54, 1.807) is 6.26 Å². The van der Waals surface area contributed by atoms with Gasteiger partial charge >= 0.3 is 11.6 Å². The quantitative estimate of drug-likeness (QED) is 0.555. The molecule has 2 N–H and O–H groups in total. The third-order valence-corrected chi connectivity index (χ3v) is 10.5. The van der Waals surface area contributed by atoms with Crippen LogP contribution in [0.3, 0.4) is 0 Å². The summed E-state index contributed by atoms with van der Waals surface area (Å²) in [6.45, 7) is 6.31. The van der Waals surface area contributed by atoms with Gasteiger partial charge in [0.25, 0.3) is 0 Å². The van der Waals surface area contributed by atoms with Gasteiger partial charge in [0.1, 0.15) is 17.8 Å². The molecule has 4 saturated carbocycles. The number of hydrogen-bond donors (Lipinski definition) is 1. The molecular weight excluding hydrogens is 406 g/mol. The number of esters is 1. The highest BCUT2D eigenvalue weighted by Crippen LogP contribution is 2.78. The first-order chi connectivity index (χ1) is 15.2. The van der Waals surface area contributed by atoms with E-state index < -0.39 is 0 Å². The van der Waals surface area contributed by atoms with Crippen LogP contribution in [0.25, 0.3) is 0 Å². The van der Waals surface area contributed by atoms with E-state index >= 15 is 0 Å². The van der Waals surface area contributed by atoms with Gasteiger partial charge in [0.15, 0.2) is 0 Å². The largest absolute Gasteiger partial charge is 0.459 e. The molecule has 0 aromatic carbocycles. The molecule has 10 atom stereocenters. The Morgan fingerprint density at radius 2 is 1.94 bits per heavy atom. The van der Waals surface area contributed by atoms with Crippen molar-refractivity contribution in [3.05, 3.63) is 34.4 Å². The highest BCUT2D eigenvalue weighted by Gasteiger charge is 2.84. The molecule has 5 aliphatic rings. The van der Waals surface area contributed by atoms with Gasteiger partial charge in [0.2, 0.25) is 0 Å². The zero-order valence-corrected chi connectivity index (χ0v) is 19.3. The summed E-state index contributed by atoms with van der Waals surface area (Å²) in [5.41, 5.74) is 6.84. The van der Waals surface area contributed by atoms with Crippen molar-refractivity contribution in [2.24, 2.45) is 34.3 Å². The topological polar surface area (TPSA) is 95.1 Å². The lowest BCUT2D eigenvalue weighted by Crippen LogP contribution is -2.58. The summed E-state index contributed by atoms with van der Waals surface area (Å²) in [4.78, 5) is 23.7. The van der Waals surface area contributed by atoms with E-state index in [1.807, 2.05) is 6.07 Å². The summed E-state index contributed by atoms with van der Waals surface area (Å²) in [5.74, 6) is 1.49. The summed E-state index contributed by atoms with van der Waals surface area (Å²) in [5, 5.41) is 0. The zero-order chi connectivity index (χ0) is 22.5. The number of epoxide rings is 1. The molecule has 6 heteroatoms. The van der Waals surface area contributed by atoms with Crippen LogP contribution in [0.4, 0.5) is 0 Å². The van der Waals surface area contributed by atoms with Gasteiger partial charge in [-0.2, -0.15) is 0 Å². The Kier molecular flexibility index (Phi) is 4.37. The molecule has 174 valence electrons. The summed E-state index contributed by atoms with van der Waals surface area (Å²) in [7, 11) is 0. The highest BCUT2D eigenvalue weighted by atomic mass is 16.7. The summed E-state index contributed by atoms with van der Waals surface area (Å²) < 4.78 is 17.8. The summed E-state index contributed by atoms with van der Waals surface area (Å²) in [6.07, 6.45) is 9.19. The first-order valence-corrected chi connectivity index (χ1v) is 12.4. The lowest BCUT2D eigenvalue weighted by molar-refractivity contribution is -0.156. The molecule has 1 aliphatic heterocycles. The molecule has 1 aromatic heterocycles. The summed E-state index contributed by atoms with van der Waals surface area (Å²) in [6, 6.07) is 3.67. The van der Waals surface area contributed by atoms with Crippen LogP contribution in [-0.2, 0) is 14.3 Å². The van der Waals surface area contributed by atoms with Crippen molar-refractivity contribution < 1.29 is 18.7 Å². The van der Waals surface area contributed by atoms with Crippen LogP contribution in [0, 0.1) is 28.6 Å². The molecule has 4 aliphatic carbocycles. The van der Waals surface area contributed by atoms with Gasteiger partial charge in [0, 0.05) is 30.4 Å². The minimum absolute atomic E-state index is 0.0271. The van der Waals surface area contributed by atoms with Crippen molar-refractivity contribution in [3.63, 3.8) is 0 Å². The van der Waals surface area contributed by atoms with E-state index in [1.165, 1.54) is 32.3 Å². The molecule has 1 aromatic rings. The average molecular weight is 442 g/mol. The van der Waals surface area contributed by atoms with E-state index in [-0.39, 0.29) is 40.7 Å². The van der Waals surface area contributed by atoms with Crippen molar-refractivity contribution in [1.29, 1.82) is 0 Å². The predicted molar refractivity (Wildman–Crippen MR) is 118 cm³/mol. The van der Waals surface area contributed by atoms with Crippen LogP contribution in [0.1, 0.15) is 77.2 Å². The predicted octanol–water partition coefficient (Wildman–Crippen LogP) is 3.77. The Labute approximate surface area is 189 Å². The fraction of sp³-hybridized carbons (Fsp3) is 0.769. The SMILES string of the molecule is CC(=O)O[C@H]1[C@H]2O[C@]23C2CC[C@@H]4C[C@@H](N)CC[C@]4(C)[C@H]2CC[C@]3(C)[C@H]1c1ccc(=O)oc1.